The van der Waals surface area contributed by atoms with E-state index in [1.54, 1.807) is 0 Å². The van der Waals surface area contributed by atoms with Gasteiger partial charge in [-0.15, -0.1) is 0 Å². The van der Waals surface area contributed by atoms with E-state index in [-0.39, 0.29) is 0 Å². The average molecular weight is 731 g/mol. The van der Waals surface area contributed by atoms with Crippen LogP contribution in [0.4, 0.5) is 0 Å². The molecule has 0 spiro atoms. The fraction of sp³-hybridized carbons (Fsp3) is 0. The van der Waals surface area contributed by atoms with Gasteiger partial charge in [-0.25, -0.2) is 15.0 Å². The molecule has 0 atom stereocenters. The summed E-state index contributed by atoms with van der Waals surface area (Å²) >= 11 is 0. The van der Waals surface area contributed by atoms with Gasteiger partial charge in [-0.3, -0.25) is 0 Å². The molecule has 0 aliphatic rings. The molecule has 0 unspecified atom stereocenters. The van der Waals surface area contributed by atoms with E-state index in [2.05, 4.69) is 114 Å². The van der Waals surface area contributed by atoms with E-state index in [1.807, 2.05) is 72.8 Å². The monoisotopic (exact) mass is 730 g/mol. The number of benzene rings is 8. The zero-order valence-corrected chi connectivity index (χ0v) is 30.4. The van der Waals surface area contributed by atoms with E-state index in [0.717, 1.165) is 77.4 Å². The summed E-state index contributed by atoms with van der Waals surface area (Å²) in [4.78, 5) is 15.0. The second-order valence-corrected chi connectivity index (χ2v) is 14.4. The Bertz CT molecular complexity index is 3410. The number of nitrogens with zero attached hydrogens (tertiary/aromatic N) is 4. The van der Waals surface area contributed by atoms with Crippen LogP contribution in [0.25, 0.3) is 117 Å². The zero-order chi connectivity index (χ0) is 37.5. The molecule has 4 heterocycles. The molecule has 0 amide bonds. The van der Waals surface area contributed by atoms with Gasteiger partial charge in [0, 0.05) is 60.3 Å². The van der Waals surface area contributed by atoms with Gasteiger partial charge in [0.15, 0.2) is 17.5 Å². The van der Waals surface area contributed by atoms with Crippen molar-refractivity contribution in [2.75, 3.05) is 0 Å². The Kier molecular flexibility index (Phi) is 6.83. The molecule has 0 bridgehead atoms. The summed E-state index contributed by atoms with van der Waals surface area (Å²) in [7, 11) is 0. The van der Waals surface area contributed by atoms with Crippen molar-refractivity contribution in [3.8, 4) is 51.0 Å². The molecule has 57 heavy (non-hydrogen) atoms. The first-order chi connectivity index (χ1) is 28.2. The maximum absolute atomic E-state index is 6.72. The number of furan rings is 2. The van der Waals surface area contributed by atoms with Crippen LogP contribution >= 0.6 is 0 Å². The Morgan fingerprint density at radius 1 is 0.351 bits per heavy atom. The summed E-state index contributed by atoms with van der Waals surface area (Å²) in [5.74, 6) is 1.82. The topological polar surface area (TPSA) is 69.9 Å². The number of rotatable bonds is 5. The highest BCUT2D eigenvalue weighted by Crippen LogP contribution is 2.42. The van der Waals surface area contributed by atoms with Crippen LogP contribution in [0.5, 0.6) is 0 Å². The summed E-state index contributed by atoms with van der Waals surface area (Å²) in [5.41, 5.74) is 11.4. The molecule has 6 nitrogen and oxygen atoms in total. The van der Waals surface area contributed by atoms with Gasteiger partial charge in [0.1, 0.15) is 22.3 Å². The summed E-state index contributed by atoms with van der Waals surface area (Å²) in [6, 6.07) is 62.6. The van der Waals surface area contributed by atoms with Gasteiger partial charge in [-0.2, -0.15) is 0 Å². The number of fused-ring (bicyclic) bond motifs is 9. The third kappa shape index (κ3) is 4.94. The van der Waals surface area contributed by atoms with Crippen molar-refractivity contribution in [2.45, 2.75) is 0 Å². The summed E-state index contributed by atoms with van der Waals surface area (Å²) < 4.78 is 15.6. The first kappa shape index (κ1) is 31.5. The van der Waals surface area contributed by atoms with Crippen molar-refractivity contribution in [2.24, 2.45) is 0 Å². The van der Waals surface area contributed by atoms with E-state index in [1.165, 1.54) is 21.8 Å². The minimum atomic E-state index is 0.588. The fourth-order valence-corrected chi connectivity index (χ4v) is 8.46. The van der Waals surface area contributed by atoms with Crippen LogP contribution in [0.1, 0.15) is 0 Å². The molecule has 0 N–H and O–H groups in total. The second kappa shape index (κ2) is 12.3. The van der Waals surface area contributed by atoms with Crippen LogP contribution in [0.2, 0.25) is 0 Å². The van der Waals surface area contributed by atoms with Crippen molar-refractivity contribution in [1.82, 2.24) is 19.5 Å². The van der Waals surface area contributed by atoms with Gasteiger partial charge in [-0.1, -0.05) is 133 Å². The molecule has 6 heteroatoms. The molecule has 0 aliphatic heterocycles. The standard InChI is InChI=1S/C51H30N4O2/c1-3-13-31(14-4-1)49-52-50(32-15-5-2-6-16-32)54-51(53-49)40-21-12-24-45-47(40)39-20-11-19-35(48(39)57-45)33-25-27-38-41-30-34(26-28-44(41)56-46(38)29-33)55-42-22-9-7-17-36(42)37-18-8-10-23-43(37)55/h1-30H. The highest BCUT2D eigenvalue weighted by Gasteiger charge is 2.21. The van der Waals surface area contributed by atoms with Crippen LogP contribution in [-0.2, 0) is 0 Å². The maximum Gasteiger partial charge on any atom is 0.164 e. The second-order valence-electron chi connectivity index (χ2n) is 14.4. The molecule has 12 rings (SSSR count). The van der Waals surface area contributed by atoms with Crippen LogP contribution in [0.3, 0.4) is 0 Å². The van der Waals surface area contributed by atoms with Crippen molar-refractivity contribution in [1.29, 1.82) is 0 Å². The van der Waals surface area contributed by atoms with Crippen molar-refractivity contribution in [3.63, 3.8) is 0 Å². The van der Waals surface area contributed by atoms with Crippen molar-refractivity contribution >= 4 is 65.7 Å². The quantitative estimate of drug-likeness (QED) is 0.176. The molecule has 0 aliphatic carbocycles. The van der Waals surface area contributed by atoms with E-state index in [4.69, 9.17) is 23.8 Å². The normalized spacial score (nSPS) is 11.9. The average Bonchev–Trinajstić information content (AvgIpc) is 3.96. The Morgan fingerprint density at radius 3 is 1.68 bits per heavy atom. The van der Waals surface area contributed by atoms with Gasteiger partial charge in [-0.05, 0) is 54.1 Å². The van der Waals surface area contributed by atoms with E-state index in [9.17, 15) is 0 Å². The SMILES string of the molecule is c1ccc(-c2nc(-c3ccccc3)nc(-c3cccc4oc5c(-c6ccc7c(c6)oc6ccc(-n8c9ccccc9c9ccccc98)cc67)cccc5c34)n2)cc1. The molecular weight excluding hydrogens is 701 g/mol. The van der Waals surface area contributed by atoms with Gasteiger partial charge in [0.05, 0.1) is 11.0 Å². The van der Waals surface area contributed by atoms with Crippen LogP contribution in [0, 0.1) is 0 Å². The number of para-hydroxylation sites is 3. The molecular formula is C51H30N4O2. The van der Waals surface area contributed by atoms with Crippen molar-refractivity contribution < 1.29 is 8.83 Å². The van der Waals surface area contributed by atoms with E-state index in [0.29, 0.717) is 17.5 Å². The third-order valence-corrected chi connectivity index (χ3v) is 11.1. The van der Waals surface area contributed by atoms with Gasteiger partial charge >= 0.3 is 0 Å². The third-order valence-electron chi connectivity index (χ3n) is 11.1. The largest absolute Gasteiger partial charge is 0.456 e. The van der Waals surface area contributed by atoms with E-state index >= 15 is 0 Å². The van der Waals surface area contributed by atoms with Gasteiger partial charge in [0.2, 0.25) is 0 Å². The zero-order valence-electron chi connectivity index (χ0n) is 30.4. The molecule has 0 saturated heterocycles. The predicted octanol–water partition coefficient (Wildman–Crippen LogP) is 13.4. The molecule has 0 saturated carbocycles. The number of hydrogen-bond acceptors (Lipinski definition) is 5. The Hall–Kier alpha value is -7.83. The highest BCUT2D eigenvalue weighted by atomic mass is 16.3. The fourth-order valence-electron chi connectivity index (χ4n) is 8.46. The minimum absolute atomic E-state index is 0.588. The summed E-state index contributed by atoms with van der Waals surface area (Å²) in [6.45, 7) is 0. The lowest BCUT2D eigenvalue weighted by Crippen LogP contribution is -2.00. The van der Waals surface area contributed by atoms with Gasteiger partial charge in [0.25, 0.3) is 0 Å². The minimum Gasteiger partial charge on any atom is -0.456 e. The predicted molar refractivity (Wildman–Crippen MR) is 230 cm³/mol. The Morgan fingerprint density at radius 2 is 0.965 bits per heavy atom. The lowest BCUT2D eigenvalue weighted by molar-refractivity contribution is 0.668. The molecule has 4 aromatic heterocycles. The lowest BCUT2D eigenvalue weighted by atomic mass is 9.99. The number of aromatic nitrogens is 4. The van der Waals surface area contributed by atoms with Crippen LogP contribution < -0.4 is 0 Å². The number of hydrogen-bond donors (Lipinski definition) is 0. The van der Waals surface area contributed by atoms with Crippen LogP contribution in [-0.4, -0.2) is 19.5 Å². The van der Waals surface area contributed by atoms with Crippen LogP contribution in [0.15, 0.2) is 191 Å². The molecule has 12 aromatic rings. The molecule has 0 fully saturated rings. The van der Waals surface area contributed by atoms with E-state index < -0.39 is 0 Å². The smallest absolute Gasteiger partial charge is 0.164 e. The Labute approximate surface area is 325 Å². The maximum atomic E-state index is 6.72. The first-order valence-electron chi connectivity index (χ1n) is 19.0. The summed E-state index contributed by atoms with van der Waals surface area (Å²) in [6.07, 6.45) is 0. The molecule has 8 aromatic carbocycles. The van der Waals surface area contributed by atoms with Crippen molar-refractivity contribution in [3.05, 3.63) is 182 Å². The molecule has 0 radical (unpaired) electrons. The van der Waals surface area contributed by atoms with Gasteiger partial charge < -0.3 is 13.4 Å². The summed E-state index contributed by atoms with van der Waals surface area (Å²) in [5, 5.41) is 6.56. The first-order valence-corrected chi connectivity index (χ1v) is 19.0. The lowest BCUT2D eigenvalue weighted by Gasteiger charge is -2.09. The Balaban J connectivity index is 0.996. The highest BCUT2D eigenvalue weighted by molar-refractivity contribution is 6.16. The molecule has 266 valence electrons.